The number of piperidine rings is 1. The lowest BCUT2D eigenvalue weighted by molar-refractivity contribution is -0.154. The lowest BCUT2D eigenvalue weighted by Gasteiger charge is -2.44. The molecule has 0 unspecified atom stereocenters. The molecule has 0 bridgehead atoms. The smallest absolute Gasteiger partial charge is 0.378 e. The predicted octanol–water partition coefficient (Wildman–Crippen LogP) is 3.76. The van der Waals surface area contributed by atoms with Gasteiger partial charge in [-0.3, -0.25) is 0 Å². The fraction of sp³-hybridized carbons (Fsp3) is 0.632. The van der Waals surface area contributed by atoms with Crippen LogP contribution in [0.3, 0.4) is 0 Å². The van der Waals surface area contributed by atoms with E-state index in [9.17, 15) is 17.6 Å². The second-order valence-corrected chi connectivity index (χ2v) is 8.97. The molecule has 5 rings (SSSR count). The molecule has 2 atom stereocenters. The number of hydrogen-bond donors (Lipinski definition) is 2. The van der Waals surface area contributed by atoms with Crippen LogP contribution in [0.4, 0.5) is 28.9 Å². The summed E-state index contributed by atoms with van der Waals surface area (Å²) in [5, 5.41) is 3.27. The maximum absolute atomic E-state index is 14.3. The van der Waals surface area contributed by atoms with Crippen LogP contribution in [-0.4, -0.2) is 49.9 Å². The minimum absolute atomic E-state index is 0.0735. The van der Waals surface area contributed by atoms with Crippen molar-refractivity contribution in [1.29, 1.82) is 0 Å². The number of amidine groups is 1. The Bertz CT molecular complexity index is 825. The van der Waals surface area contributed by atoms with E-state index >= 15 is 0 Å². The number of anilines is 1. The van der Waals surface area contributed by atoms with Gasteiger partial charge in [0.1, 0.15) is 23.4 Å². The van der Waals surface area contributed by atoms with Gasteiger partial charge in [-0.25, -0.2) is 9.38 Å². The zero-order chi connectivity index (χ0) is 20.2. The van der Waals surface area contributed by atoms with Gasteiger partial charge in [0.2, 0.25) is 0 Å². The van der Waals surface area contributed by atoms with Crippen molar-refractivity contribution < 1.29 is 22.3 Å². The molecule has 3 aliphatic heterocycles. The summed E-state index contributed by atoms with van der Waals surface area (Å²) in [5.41, 5.74) is 0.685. The molecule has 158 valence electrons. The number of rotatable bonds is 4. The molecule has 2 N–H and O–H groups in total. The van der Waals surface area contributed by atoms with E-state index in [1.165, 1.54) is 29.0 Å². The molecular formula is C19H22F4N4OS. The van der Waals surface area contributed by atoms with E-state index in [-0.39, 0.29) is 30.7 Å². The highest BCUT2D eigenvalue weighted by molar-refractivity contribution is 7.98. The maximum atomic E-state index is 14.3. The summed E-state index contributed by atoms with van der Waals surface area (Å²) in [4.78, 5) is 6.43. The SMILES string of the molecule is Fc1cc2c(c(N3CC[C@@H](NC4COC4)C[C@H]3C(F)(F)F)c1)N=C(C1CC1)NS2. The van der Waals surface area contributed by atoms with Gasteiger partial charge in [-0.2, -0.15) is 13.2 Å². The Morgan fingerprint density at radius 2 is 1.97 bits per heavy atom. The number of alkyl halides is 3. The van der Waals surface area contributed by atoms with Crippen LogP contribution in [0.1, 0.15) is 25.7 Å². The first-order valence-electron chi connectivity index (χ1n) is 9.90. The molecule has 10 heteroatoms. The van der Waals surface area contributed by atoms with Crippen molar-refractivity contribution in [3.63, 3.8) is 0 Å². The zero-order valence-electron chi connectivity index (χ0n) is 15.6. The molecule has 5 nitrogen and oxygen atoms in total. The predicted molar refractivity (Wildman–Crippen MR) is 103 cm³/mol. The van der Waals surface area contributed by atoms with Crippen LogP contribution < -0.4 is 14.9 Å². The number of fused-ring (bicyclic) bond motifs is 1. The fourth-order valence-corrected chi connectivity index (χ4v) is 4.98. The van der Waals surface area contributed by atoms with Gasteiger partial charge in [0.25, 0.3) is 0 Å². The molecule has 29 heavy (non-hydrogen) atoms. The van der Waals surface area contributed by atoms with E-state index in [4.69, 9.17) is 4.74 Å². The summed E-state index contributed by atoms with van der Waals surface area (Å²) in [6.07, 6.45) is -1.90. The molecule has 2 saturated heterocycles. The fourth-order valence-electron chi connectivity index (χ4n) is 4.13. The van der Waals surface area contributed by atoms with Gasteiger partial charge >= 0.3 is 6.18 Å². The second kappa shape index (κ2) is 7.31. The quantitative estimate of drug-likeness (QED) is 0.563. The average Bonchev–Trinajstić information content (AvgIpc) is 3.48. The maximum Gasteiger partial charge on any atom is 0.408 e. The average molecular weight is 430 g/mol. The van der Waals surface area contributed by atoms with E-state index in [0.717, 1.165) is 18.7 Å². The van der Waals surface area contributed by atoms with Gasteiger partial charge in [0.15, 0.2) is 0 Å². The van der Waals surface area contributed by atoms with E-state index in [1.54, 1.807) is 0 Å². The molecule has 0 amide bonds. The first-order valence-corrected chi connectivity index (χ1v) is 10.7. The van der Waals surface area contributed by atoms with Crippen LogP contribution >= 0.6 is 11.9 Å². The minimum atomic E-state index is -4.42. The number of halogens is 4. The van der Waals surface area contributed by atoms with E-state index in [0.29, 0.717) is 36.1 Å². The molecule has 1 aliphatic carbocycles. The van der Waals surface area contributed by atoms with E-state index in [2.05, 4.69) is 15.0 Å². The van der Waals surface area contributed by atoms with Crippen molar-refractivity contribution in [2.45, 2.75) is 54.9 Å². The van der Waals surface area contributed by atoms with Crippen LogP contribution in [0.25, 0.3) is 0 Å². The van der Waals surface area contributed by atoms with Gasteiger partial charge in [0, 0.05) is 18.5 Å². The highest BCUT2D eigenvalue weighted by Crippen LogP contribution is 2.46. The first kappa shape index (κ1) is 19.4. The summed E-state index contributed by atoms with van der Waals surface area (Å²) < 4.78 is 64.5. The van der Waals surface area contributed by atoms with Crippen molar-refractivity contribution >= 4 is 29.2 Å². The lowest BCUT2D eigenvalue weighted by Crippen LogP contribution is -2.59. The molecule has 4 aliphatic rings. The number of benzene rings is 1. The van der Waals surface area contributed by atoms with Gasteiger partial charge < -0.3 is 19.7 Å². The van der Waals surface area contributed by atoms with Gasteiger partial charge in [-0.15, -0.1) is 0 Å². The van der Waals surface area contributed by atoms with Crippen LogP contribution in [0.2, 0.25) is 0 Å². The largest absolute Gasteiger partial charge is 0.408 e. The third kappa shape index (κ3) is 3.94. The van der Waals surface area contributed by atoms with Crippen molar-refractivity contribution in [3.8, 4) is 0 Å². The van der Waals surface area contributed by atoms with Crippen LogP contribution in [0.5, 0.6) is 0 Å². The van der Waals surface area contributed by atoms with Crippen molar-refractivity contribution in [3.05, 3.63) is 17.9 Å². The number of hydrogen-bond acceptors (Lipinski definition) is 6. The molecule has 1 saturated carbocycles. The van der Waals surface area contributed by atoms with Gasteiger partial charge in [0.05, 0.1) is 29.8 Å². The summed E-state index contributed by atoms with van der Waals surface area (Å²) in [5.74, 6) is 0.554. The summed E-state index contributed by atoms with van der Waals surface area (Å²) in [6, 6.07) is 0.732. The third-order valence-electron chi connectivity index (χ3n) is 5.88. The number of nitrogens with zero attached hydrogens (tertiary/aromatic N) is 2. The Labute approximate surface area is 170 Å². The standard InChI is InChI=1S/C19H22F4N4OS/c20-11-5-14(17-15(6-11)29-26-18(25-17)10-1-2-10)27-4-3-12(24-13-8-28-9-13)7-16(27)19(21,22)23/h5-6,10,12-13,16,24H,1-4,7-9H2,(H,25,26)/t12-,16+/m1/s1. The van der Waals surface area contributed by atoms with Crippen molar-refractivity contribution in [2.24, 2.45) is 10.9 Å². The van der Waals surface area contributed by atoms with Crippen LogP contribution in [0, 0.1) is 11.7 Å². The zero-order valence-corrected chi connectivity index (χ0v) is 16.5. The Hall–Kier alpha value is -1.52. The lowest BCUT2D eigenvalue weighted by atomic mass is 9.94. The molecule has 1 aromatic rings. The number of nitrogens with one attached hydrogen (secondary N) is 2. The van der Waals surface area contributed by atoms with Crippen LogP contribution in [0.15, 0.2) is 22.0 Å². The Morgan fingerprint density at radius 3 is 2.62 bits per heavy atom. The number of aliphatic imine (C=N–C) groups is 1. The molecule has 3 heterocycles. The summed E-state index contributed by atoms with van der Waals surface area (Å²) in [6.45, 7) is 1.27. The Morgan fingerprint density at radius 1 is 1.17 bits per heavy atom. The van der Waals surface area contributed by atoms with Crippen molar-refractivity contribution in [1.82, 2.24) is 10.0 Å². The van der Waals surface area contributed by atoms with Gasteiger partial charge in [-0.1, -0.05) is 0 Å². The Kier molecular flexibility index (Phi) is 4.90. The van der Waals surface area contributed by atoms with E-state index < -0.39 is 18.0 Å². The van der Waals surface area contributed by atoms with Crippen LogP contribution in [-0.2, 0) is 4.74 Å². The molecule has 0 spiro atoms. The topological polar surface area (TPSA) is 48.9 Å². The summed E-state index contributed by atoms with van der Waals surface area (Å²) >= 11 is 1.23. The minimum Gasteiger partial charge on any atom is -0.378 e. The molecule has 3 fully saturated rings. The molecule has 0 aromatic heterocycles. The summed E-state index contributed by atoms with van der Waals surface area (Å²) in [7, 11) is 0. The Balaban J connectivity index is 1.47. The molecule has 1 aromatic carbocycles. The molecular weight excluding hydrogens is 408 g/mol. The van der Waals surface area contributed by atoms with Crippen molar-refractivity contribution in [2.75, 3.05) is 24.7 Å². The highest BCUT2D eigenvalue weighted by Gasteiger charge is 2.48. The number of ether oxygens (including phenoxy) is 1. The first-order chi connectivity index (χ1) is 13.9. The second-order valence-electron chi connectivity index (χ2n) is 8.12. The highest BCUT2D eigenvalue weighted by atomic mass is 32.2. The third-order valence-corrected chi connectivity index (χ3v) is 6.72. The van der Waals surface area contributed by atoms with Gasteiger partial charge in [-0.05, 0) is 49.8 Å². The van der Waals surface area contributed by atoms with E-state index in [1.807, 2.05) is 0 Å². The monoisotopic (exact) mass is 430 g/mol. The molecule has 0 radical (unpaired) electrons. The normalized spacial score (nSPS) is 27.7.